The zero-order chi connectivity index (χ0) is 27.9. The number of hydrogen-bond donors (Lipinski definition) is 3. The maximum Gasteiger partial charge on any atom is 0.253 e. The van der Waals surface area contributed by atoms with Crippen LogP contribution >= 0.6 is 0 Å². The number of rotatable bonds is 10. The topological polar surface area (TPSA) is 133 Å². The molecule has 1 aliphatic rings. The number of aliphatic hydroxyl groups excluding tert-OH is 1. The number of aromatic nitrogens is 3. The van der Waals surface area contributed by atoms with Gasteiger partial charge in [0.1, 0.15) is 11.5 Å². The minimum atomic E-state index is -0.346. The van der Waals surface area contributed by atoms with E-state index in [2.05, 4.69) is 20.2 Å². The van der Waals surface area contributed by atoms with Crippen LogP contribution in [0.5, 0.6) is 0 Å². The third kappa shape index (κ3) is 5.78. The molecule has 4 heterocycles. The number of anilines is 1. The predicted molar refractivity (Wildman–Crippen MR) is 153 cm³/mol. The molecule has 0 atom stereocenters. The van der Waals surface area contributed by atoms with Crippen LogP contribution in [0.15, 0.2) is 71.8 Å². The van der Waals surface area contributed by atoms with Crippen LogP contribution in [0.2, 0.25) is 0 Å². The fraction of sp³-hybridized carbons (Fsp3) is 0.300. The Balaban J connectivity index is 1.42. The van der Waals surface area contributed by atoms with Crippen molar-refractivity contribution in [1.29, 1.82) is 5.41 Å². The number of benzene rings is 1. The van der Waals surface area contributed by atoms with Gasteiger partial charge in [-0.2, -0.15) is 0 Å². The van der Waals surface area contributed by atoms with Crippen molar-refractivity contribution in [3.8, 4) is 5.69 Å². The average Bonchev–Trinajstić information content (AvgIpc) is 3.01. The quantitative estimate of drug-likeness (QED) is 0.208. The molecule has 0 aliphatic carbocycles. The molecule has 0 unspecified atom stereocenters. The van der Waals surface area contributed by atoms with Crippen molar-refractivity contribution < 1.29 is 14.6 Å². The van der Waals surface area contributed by atoms with E-state index >= 15 is 0 Å². The number of carbonyl (C=O) groups excluding carboxylic acids is 1. The highest BCUT2D eigenvalue weighted by Gasteiger charge is 2.21. The average molecular weight is 541 g/mol. The molecule has 10 heteroatoms. The standard InChI is InChI=1S/C30H32N6O4/c31-12-16-40-20-26-25(28(38)24-7-4-13-32-29(24)36(26)23-5-2-1-3-6-23)18-34-30(39)22-8-9-27(33-17-22)35-14-10-21(19-37)11-15-35/h1-9,12-13,17,21,31,37H,10-11,14-16,18-20H2,(H,34,39). The van der Waals surface area contributed by atoms with Gasteiger partial charge >= 0.3 is 0 Å². The van der Waals surface area contributed by atoms with Crippen molar-refractivity contribution >= 4 is 29.0 Å². The van der Waals surface area contributed by atoms with Gasteiger partial charge in [-0.05, 0) is 55.2 Å². The van der Waals surface area contributed by atoms with Crippen LogP contribution in [0.3, 0.4) is 0 Å². The second-order valence-electron chi connectivity index (χ2n) is 9.72. The summed E-state index contributed by atoms with van der Waals surface area (Å²) in [6.07, 6.45) is 6.15. The van der Waals surface area contributed by atoms with Gasteiger partial charge in [0, 0.05) is 56.1 Å². The highest BCUT2D eigenvalue weighted by molar-refractivity contribution is 5.94. The number of hydrogen-bond acceptors (Lipinski definition) is 8. The lowest BCUT2D eigenvalue weighted by molar-refractivity contribution is 0.0949. The third-order valence-corrected chi connectivity index (χ3v) is 7.22. The minimum Gasteiger partial charge on any atom is -0.396 e. The highest BCUT2D eigenvalue weighted by Crippen LogP contribution is 2.23. The Morgan fingerprint density at radius 2 is 1.90 bits per heavy atom. The first kappa shape index (κ1) is 27.2. The molecule has 5 rings (SSSR count). The predicted octanol–water partition coefficient (Wildman–Crippen LogP) is 3.09. The van der Waals surface area contributed by atoms with Gasteiger partial charge in [-0.3, -0.25) is 14.2 Å². The van der Waals surface area contributed by atoms with Gasteiger partial charge in [0.2, 0.25) is 0 Å². The molecule has 40 heavy (non-hydrogen) atoms. The van der Waals surface area contributed by atoms with Crippen LogP contribution in [0.25, 0.3) is 16.7 Å². The van der Waals surface area contributed by atoms with Crippen LogP contribution in [0, 0.1) is 11.3 Å². The fourth-order valence-electron chi connectivity index (χ4n) is 5.04. The van der Waals surface area contributed by atoms with E-state index < -0.39 is 0 Å². The zero-order valence-electron chi connectivity index (χ0n) is 22.1. The summed E-state index contributed by atoms with van der Waals surface area (Å²) in [4.78, 5) is 37.9. The van der Waals surface area contributed by atoms with Crippen LogP contribution in [-0.2, 0) is 17.9 Å². The Kier molecular flexibility index (Phi) is 8.58. The number of nitrogens with zero attached hydrogens (tertiary/aromatic N) is 4. The van der Waals surface area contributed by atoms with E-state index in [1.54, 1.807) is 30.6 Å². The van der Waals surface area contributed by atoms with Gasteiger partial charge in [0.15, 0.2) is 5.43 Å². The van der Waals surface area contributed by atoms with Gasteiger partial charge < -0.3 is 25.5 Å². The summed E-state index contributed by atoms with van der Waals surface area (Å²) in [7, 11) is 0. The third-order valence-electron chi connectivity index (χ3n) is 7.22. The number of aliphatic hydroxyl groups is 1. The number of piperidine rings is 1. The lowest BCUT2D eigenvalue weighted by atomic mass is 9.98. The maximum atomic E-state index is 13.6. The fourth-order valence-corrected chi connectivity index (χ4v) is 5.04. The Morgan fingerprint density at radius 3 is 2.60 bits per heavy atom. The Bertz CT molecular complexity index is 1530. The number of amides is 1. The monoisotopic (exact) mass is 540 g/mol. The first-order valence-corrected chi connectivity index (χ1v) is 13.3. The van der Waals surface area contributed by atoms with Crippen LogP contribution < -0.4 is 15.6 Å². The molecule has 3 N–H and O–H groups in total. The molecule has 1 amide bonds. The minimum absolute atomic E-state index is 0.0188. The molecule has 0 saturated carbocycles. The second kappa shape index (κ2) is 12.6. The van der Waals surface area contributed by atoms with Gasteiger partial charge in [0.25, 0.3) is 5.91 Å². The zero-order valence-corrected chi connectivity index (χ0v) is 22.1. The molecule has 1 aliphatic heterocycles. The number of nitrogens with one attached hydrogen (secondary N) is 2. The molecule has 0 spiro atoms. The largest absolute Gasteiger partial charge is 0.396 e. The Hall–Kier alpha value is -4.41. The SMILES string of the molecule is N=CCOCc1c(CNC(=O)c2ccc(N3CCC(CO)CC3)nc2)c(=O)c2cccnc2n1-c1ccccc1. The van der Waals surface area contributed by atoms with E-state index in [9.17, 15) is 14.7 Å². The molecule has 0 bridgehead atoms. The number of fused-ring (bicyclic) bond motifs is 1. The molecular formula is C30H32N6O4. The molecule has 1 saturated heterocycles. The van der Waals surface area contributed by atoms with Crippen molar-refractivity contribution in [3.05, 3.63) is 94.0 Å². The van der Waals surface area contributed by atoms with Crippen molar-refractivity contribution in [1.82, 2.24) is 19.9 Å². The molecule has 1 aromatic carbocycles. The van der Waals surface area contributed by atoms with Crippen LogP contribution in [-0.4, -0.2) is 58.1 Å². The second-order valence-corrected chi connectivity index (χ2v) is 9.72. The van der Waals surface area contributed by atoms with Crippen molar-refractivity contribution in [2.24, 2.45) is 5.92 Å². The Morgan fingerprint density at radius 1 is 1.10 bits per heavy atom. The van der Waals surface area contributed by atoms with Crippen molar-refractivity contribution in [3.63, 3.8) is 0 Å². The van der Waals surface area contributed by atoms with Gasteiger partial charge in [-0.1, -0.05) is 18.2 Å². The molecule has 4 aromatic rings. The molecule has 206 valence electrons. The lowest BCUT2D eigenvalue weighted by Gasteiger charge is -2.31. The summed E-state index contributed by atoms with van der Waals surface area (Å²) in [5.74, 6) is 0.784. The van der Waals surface area contributed by atoms with Crippen LogP contribution in [0.4, 0.5) is 5.82 Å². The normalized spacial score (nSPS) is 13.9. The van der Waals surface area contributed by atoms with Crippen LogP contribution in [0.1, 0.15) is 34.5 Å². The summed E-state index contributed by atoms with van der Waals surface area (Å²) in [6.45, 7) is 1.97. The number of ether oxygens (including phenoxy) is 1. The number of para-hydroxylation sites is 1. The molecule has 0 radical (unpaired) electrons. The number of pyridine rings is 3. The lowest BCUT2D eigenvalue weighted by Crippen LogP contribution is -2.35. The molecular weight excluding hydrogens is 508 g/mol. The first-order valence-electron chi connectivity index (χ1n) is 13.3. The summed E-state index contributed by atoms with van der Waals surface area (Å²) >= 11 is 0. The van der Waals surface area contributed by atoms with E-state index in [0.29, 0.717) is 33.8 Å². The van der Waals surface area contributed by atoms with E-state index in [-0.39, 0.29) is 37.7 Å². The van der Waals surface area contributed by atoms with E-state index in [1.807, 2.05) is 41.0 Å². The smallest absolute Gasteiger partial charge is 0.253 e. The van der Waals surface area contributed by atoms with Crippen molar-refractivity contribution in [2.45, 2.75) is 26.0 Å². The molecule has 10 nitrogen and oxygen atoms in total. The summed E-state index contributed by atoms with van der Waals surface area (Å²) in [5.41, 5.74) is 2.40. The molecule has 3 aromatic heterocycles. The summed E-state index contributed by atoms with van der Waals surface area (Å²) < 4.78 is 7.55. The highest BCUT2D eigenvalue weighted by atomic mass is 16.5. The van der Waals surface area contributed by atoms with E-state index in [4.69, 9.17) is 10.1 Å². The maximum absolute atomic E-state index is 13.6. The van der Waals surface area contributed by atoms with Crippen molar-refractivity contribution in [2.75, 3.05) is 31.2 Å². The van der Waals surface area contributed by atoms with E-state index in [0.717, 1.165) is 43.7 Å². The number of carbonyl (C=O) groups is 1. The Labute approximate surface area is 231 Å². The first-order chi connectivity index (χ1) is 19.6. The van der Waals surface area contributed by atoms with Gasteiger partial charge in [-0.25, -0.2) is 9.97 Å². The summed E-state index contributed by atoms with van der Waals surface area (Å²) in [5, 5.41) is 20.0. The summed E-state index contributed by atoms with van der Waals surface area (Å²) in [6, 6.07) is 16.5. The molecule has 1 fully saturated rings. The van der Waals surface area contributed by atoms with Gasteiger partial charge in [0.05, 0.1) is 29.9 Å². The van der Waals surface area contributed by atoms with Gasteiger partial charge in [-0.15, -0.1) is 0 Å². The van der Waals surface area contributed by atoms with E-state index in [1.165, 1.54) is 0 Å².